The minimum Gasteiger partial charge on any atom is -0.371 e. The smallest absolute Gasteiger partial charge is 0.141 e. The SMILES string of the molecule is CC(C)(C)N1CCC(n2cc([C@@H](Nc3cc(Cl)cc4c(Nc5ccc(F)c(Cl)c5)c(C#N)cnc34)c3ccc(F)cc3)nn2)CC1. The molecular weight excluding hydrogens is 629 g/mol. The van der Waals surface area contributed by atoms with Gasteiger partial charge in [-0.15, -0.1) is 5.10 Å². The molecule has 46 heavy (non-hydrogen) atoms. The van der Waals surface area contributed by atoms with E-state index in [1.165, 1.54) is 36.5 Å². The Morgan fingerprint density at radius 1 is 1.02 bits per heavy atom. The molecule has 236 valence electrons. The molecule has 0 bridgehead atoms. The highest BCUT2D eigenvalue weighted by atomic mass is 35.5. The quantitative estimate of drug-likeness (QED) is 0.180. The number of halogens is 4. The predicted molar refractivity (Wildman–Crippen MR) is 178 cm³/mol. The monoisotopic (exact) mass is 660 g/mol. The van der Waals surface area contributed by atoms with Crippen LogP contribution >= 0.6 is 23.2 Å². The first kappa shape index (κ1) is 31.7. The molecule has 1 aliphatic heterocycles. The summed E-state index contributed by atoms with van der Waals surface area (Å²) in [4.78, 5) is 7.09. The first-order valence-electron chi connectivity index (χ1n) is 14.9. The van der Waals surface area contributed by atoms with Crippen molar-refractivity contribution in [2.45, 2.75) is 51.2 Å². The van der Waals surface area contributed by atoms with Crippen molar-refractivity contribution in [3.8, 4) is 6.07 Å². The lowest BCUT2D eigenvalue weighted by atomic mass is 9.98. The highest BCUT2D eigenvalue weighted by molar-refractivity contribution is 6.32. The largest absolute Gasteiger partial charge is 0.371 e. The Kier molecular flexibility index (Phi) is 8.84. The van der Waals surface area contributed by atoms with E-state index >= 15 is 0 Å². The average Bonchev–Trinajstić information content (AvgIpc) is 3.52. The summed E-state index contributed by atoms with van der Waals surface area (Å²) in [5, 5.41) is 26.6. The third-order valence-corrected chi connectivity index (χ3v) is 8.87. The van der Waals surface area contributed by atoms with Gasteiger partial charge in [0.2, 0.25) is 0 Å². The summed E-state index contributed by atoms with van der Waals surface area (Å²) in [7, 11) is 0. The number of nitrogens with zero attached hydrogens (tertiary/aromatic N) is 6. The maximum atomic E-state index is 14.0. The van der Waals surface area contributed by atoms with E-state index in [4.69, 9.17) is 23.2 Å². The summed E-state index contributed by atoms with van der Waals surface area (Å²) in [6, 6.07) is 15.7. The Morgan fingerprint density at radius 3 is 2.43 bits per heavy atom. The molecule has 1 aliphatic rings. The van der Waals surface area contributed by atoms with Gasteiger partial charge < -0.3 is 10.6 Å². The molecule has 0 saturated carbocycles. The van der Waals surface area contributed by atoms with Crippen LogP contribution in [0.15, 0.2) is 67.0 Å². The molecule has 2 N–H and O–H groups in total. The fourth-order valence-corrected chi connectivity index (χ4v) is 6.26. The predicted octanol–water partition coefficient (Wildman–Crippen LogP) is 8.66. The molecule has 0 radical (unpaired) electrons. The average molecular weight is 662 g/mol. The molecule has 6 rings (SSSR count). The molecular formula is C34H32Cl2F2N8. The van der Waals surface area contributed by atoms with Gasteiger partial charge in [-0.25, -0.2) is 13.5 Å². The van der Waals surface area contributed by atoms with Crippen LogP contribution in [0.25, 0.3) is 10.9 Å². The van der Waals surface area contributed by atoms with Crippen LogP contribution in [0.5, 0.6) is 0 Å². The molecule has 12 heteroatoms. The Hall–Kier alpha value is -4.30. The molecule has 1 atom stereocenters. The number of rotatable bonds is 7. The van der Waals surface area contributed by atoms with Crippen molar-refractivity contribution in [1.82, 2.24) is 24.9 Å². The molecule has 0 aliphatic carbocycles. The van der Waals surface area contributed by atoms with E-state index in [2.05, 4.69) is 57.7 Å². The zero-order valence-corrected chi connectivity index (χ0v) is 27.0. The van der Waals surface area contributed by atoms with Crippen molar-refractivity contribution in [2.75, 3.05) is 23.7 Å². The Labute approximate surface area is 275 Å². The molecule has 0 amide bonds. The number of pyridine rings is 1. The van der Waals surface area contributed by atoms with Crippen molar-refractivity contribution < 1.29 is 8.78 Å². The summed E-state index contributed by atoms with van der Waals surface area (Å²) in [6.45, 7) is 8.62. The molecule has 3 aromatic carbocycles. The number of nitriles is 1. The Balaban J connectivity index is 1.38. The van der Waals surface area contributed by atoms with E-state index in [0.29, 0.717) is 38.7 Å². The van der Waals surface area contributed by atoms with E-state index in [-0.39, 0.29) is 28.0 Å². The van der Waals surface area contributed by atoms with E-state index in [1.54, 1.807) is 24.3 Å². The number of anilines is 3. The number of fused-ring (bicyclic) bond motifs is 1. The third kappa shape index (κ3) is 6.63. The third-order valence-electron chi connectivity index (χ3n) is 8.36. The standard InChI is InChI=1S/C34H32Cl2F2N8/c1-34(2,3)45-12-10-25(11-13-45)46-19-30(43-44-46)32(20-4-6-23(37)7-5-20)42-29-15-22(35)14-26-31(21(17-39)18-40-33(26)29)41-24-8-9-28(38)27(36)16-24/h4-9,14-16,18-19,25,32,42H,10-13H2,1-3H3,(H,40,41)/t32-/m0/s1. The van der Waals surface area contributed by atoms with Gasteiger partial charge in [-0.05, 0) is 81.6 Å². The highest BCUT2D eigenvalue weighted by Gasteiger charge is 2.29. The van der Waals surface area contributed by atoms with Gasteiger partial charge in [-0.1, -0.05) is 40.5 Å². The minimum atomic E-state index is -0.555. The molecule has 1 fully saturated rings. The number of benzene rings is 3. The Bertz CT molecular complexity index is 1920. The molecule has 1 saturated heterocycles. The summed E-state index contributed by atoms with van der Waals surface area (Å²) >= 11 is 12.7. The molecule has 8 nitrogen and oxygen atoms in total. The molecule has 3 heterocycles. The van der Waals surface area contributed by atoms with Crippen LogP contribution in [0.3, 0.4) is 0 Å². The van der Waals surface area contributed by atoms with Crippen molar-refractivity contribution in [2.24, 2.45) is 0 Å². The first-order chi connectivity index (χ1) is 22.0. The molecule has 0 spiro atoms. The summed E-state index contributed by atoms with van der Waals surface area (Å²) in [5.74, 6) is -0.909. The van der Waals surface area contributed by atoms with Crippen LogP contribution in [-0.4, -0.2) is 43.5 Å². The number of aromatic nitrogens is 4. The van der Waals surface area contributed by atoms with Crippen LogP contribution < -0.4 is 10.6 Å². The van der Waals surface area contributed by atoms with Crippen molar-refractivity contribution in [3.05, 3.63) is 105 Å². The number of piperidine rings is 1. The van der Waals surface area contributed by atoms with Gasteiger partial charge in [-0.2, -0.15) is 5.26 Å². The van der Waals surface area contributed by atoms with Gasteiger partial charge >= 0.3 is 0 Å². The van der Waals surface area contributed by atoms with E-state index in [0.717, 1.165) is 31.5 Å². The van der Waals surface area contributed by atoms with Crippen LogP contribution in [0.4, 0.5) is 25.8 Å². The van der Waals surface area contributed by atoms with E-state index < -0.39 is 11.9 Å². The number of likely N-dealkylation sites (tertiary alicyclic amines) is 1. The number of nitrogens with one attached hydrogen (secondary N) is 2. The summed E-state index contributed by atoms with van der Waals surface area (Å²) in [5.41, 5.74) is 3.78. The lowest BCUT2D eigenvalue weighted by Crippen LogP contribution is -2.46. The van der Waals surface area contributed by atoms with E-state index in [1.807, 2.05) is 10.9 Å². The molecule has 5 aromatic rings. The number of hydrogen-bond donors (Lipinski definition) is 2. The summed E-state index contributed by atoms with van der Waals surface area (Å²) in [6.07, 6.45) is 5.31. The van der Waals surface area contributed by atoms with Crippen molar-refractivity contribution in [1.29, 1.82) is 5.26 Å². The normalized spacial score (nSPS) is 15.1. The first-order valence-corrected chi connectivity index (χ1v) is 15.7. The minimum absolute atomic E-state index is 0.0581. The van der Waals surface area contributed by atoms with Gasteiger partial charge in [-0.3, -0.25) is 9.88 Å². The zero-order valence-electron chi connectivity index (χ0n) is 25.5. The lowest BCUT2D eigenvalue weighted by molar-refractivity contribution is 0.0866. The highest BCUT2D eigenvalue weighted by Crippen LogP contribution is 2.38. The second-order valence-corrected chi connectivity index (χ2v) is 13.2. The van der Waals surface area contributed by atoms with Crippen molar-refractivity contribution in [3.63, 3.8) is 0 Å². The molecule has 0 unspecified atom stereocenters. The van der Waals surface area contributed by atoms with Crippen LogP contribution in [0.2, 0.25) is 10.0 Å². The van der Waals surface area contributed by atoms with Crippen LogP contribution in [0.1, 0.15) is 62.5 Å². The van der Waals surface area contributed by atoms with Gasteiger partial charge in [0.15, 0.2) is 0 Å². The van der Waals surface area contributed by atoms with Gasteiger partial charge in [0.05, 0.1) is 45.8 Å². The number of hydrogen-bond acceptors (Lipinski definition) is 7. The van der Waals surface area contributed by atoms with E-state index in [9.17, 15) is 14.0 Å². The zero-order chi connectivity index (χ0) is 32.6. The van der Waals surface area contributed by atoms with Crippen molar-refractivity contribution >= 4 is 51.2 Å². The second kappa shape index (κ2) is 12.8. The maximum Gasteiger partial charge on any atom is 0.141 e. The summed E-state index contributed by atoms with van der Waals surface area (Å²) < 4.78 is 29.8. The lowest BCUT2D eigenvalue weighted by Gasteiger charge is -2.40. The van der Waals surface area contributed by atoms with Crippen LogP contribution in [0, 0.1) is 23.0 Å². The van der Waals surface area contributed by atoms with Gasteiger partial charge in [0.25, 0.3) is 0 Å². The molecule has 2 aromatic heterocycles. The topological polar surface area (TPSA) is 94.7 Å². The maximum absolute atomic E-state index is 14.0. The second-order valence-electron chi connectivity index (χ2n) is 12.4. The fourth-order valence-electron chi connectivity index (χ4n) is 5.86. The van der Waals surface area contributed by atoms with Crippen LogP contribution in [-0.2, 0) is 0 Å². The van der Waals surface area contributed by atoms with Gasteiger partial charge in [0.1, 0.15) is 23.4 Å². The Morgan fingerprint density at radius 2 is 1.76 bits per heavy atom. The van der Waals surface area contributed by atoms with Gasteiger partial charge in [0, 0.05) is 40.9 Å². The fraction of sp³-hybridized carbons (Fsp3) is 0.294.